The molecule has 0 aromatic heterocycles. The second-order valence-electron chi connectivity index (χ2n) is 5.27. The Morgan fingerprint density at radius 2 is 2.06 bits per heavy atom. The van der Waals surface area contributed by atoms with E-state index in [1.165, 1.54) is 18.9 Å². The van der Waals surface area contributed by atoms with Gasteiger partial charge < -0.3 is 5.32 Å². The lowest BCUT2D eigenvalue weighted by molar-refractivity contribution is 0.280. The van der Waals surface area contributed by atoms with Gasteiger partial charge in [0, 0.05) is 10.5 Å². The van der Waals surface area contributed by atoms with Gasteiger partial charge in [-0.3, -0.25) is 0 Å². The first-order valence-electron chi connectivity index (χ1n) is 6.28. The van der Waals surface area contributed by atoms with Crippen LogP contribution in [0.4, 0.5) is 10.1 Å². The summed E-state index contributed by atoms with van der Waals surface area (Å²) >= 11 is 3.28. The van der Waals surface area contributed by atoms with Crippen LogP contribution < -0.4 is 5.32 Å². The molecule has 0 spiro atoms. The van der Waals surface area contributed by atoms with Gasteiger partial charge in [0.05, 0.1) is 5.69 Å². The van der Waals surface area contributed by atoms with E-state index >= 15 is 0 Å². The molecule has 1 fully saturated rings. The van der Waals surface area contributed by atoms with Crippen LogP contribution in [0.2, 0.25) is 0 Å². The number of benzene rings is 1. The molecule has 1 aromatic rings. The minimum absolute atomic E-state index is 0.176. The Bertz CT molecular complexity index is 394. The fraction of sp³-hybridized carbons (Fsp3) is 0.571. The Hall–Kier alpha value is -0.570. The van der Waals surface area contributed by atoms with Crippen molar-refractivity contribution in [1.29, 1.82) is 0 Å². The first-order chi connectivity index (χ1) is 8.06. The molecule has 0 radical (unpaired) electrons. The van der Waals surface area contributed by atoms with Gasteiger partial charge in [-0.1, -0.05) is 36.2 Å². The van der Waals surface area contributed by atoms with Crippen molar-refractivity contribution in [1.82, 2.24) is 0 Å². The maximum atomic E-state index is 13.7. The molecule has 0 amide bonds. The minimum atomic E-state index is -0.176. The van der Waals surface area contributed by atoms with Gasteiger partial charge in [-0.15, -0.1) is 0 Å². The molecule has 0 aliphatic heterocycles. The van der Waals surface area contributed by atoms with Crippen LogP contribution in [0.3, 0.4) is 0 Å². The van der Waals surface area contributed by atoms with Crippen molar-refractivity contribution < 1.29 is 4.39 Å². The van der Waals surface area contributed by atoms with Gasteiger partial charge in [0.1, 0.15) is 5.82 Å². The van der Waals surface area contributed by atoms with Crippen LogP contribution in [0.25, 0.3) is 0 Å². The standard InChI is InChI=1S/C14H19BrFN/c1-9-3-4-10(2)14(7-9)17-13-6-5-11(15)8-12(13)16/h5-6,8-10,14,17H,3-4,7H2,1-2H3. The molecule has 3 heteroatoms. The molecule has 94 valence electrons. The Morgan fingerprint density at radius 1 is 1.29 bits per heavy atom. The topological polar surface area (TPSA) is 12.0 Å². The van der Waals surface area contributed by atoms with E-state index in [0.29, 0.717) is 17.6 Å². The third-order valence-electron chi connectivity index (χ3n) is 3.73. The van der Waals surface area contributed by atoms with E-state index in [9.17, 15) is 4.39 Å². The van der Waals surface area contributed by atoms with Crippen molar-refractivity contribution in [3.05, 3.63) is 28.5 Å². The third-order valence-corrected chi connectivity index (χ3v) is 4.22. The van der Waals surface area contributed by atoms with Crippen molar-refractivity contribution >= 4 is 21.6 Å². The maximum Gasteiger partial charge on any atom is 0.147 e. The number of rotatable bonds is 2. The predicted molar refractivity (Wildman–Crippen MR) is 73.7 cm³/mol. The average Bonchev–Trinajstić information content (AvgIpc) is 2.27. The van der Waals surface area contributed by atoms with Crippen molar-refractivity contribution in [3.63, 3.8) is 0 Å². The average molecular weight is 300 g/mol. The van der Waals surface area contributed by atoms with Gasteiger partial charge in [0.15, 0.2) is 0 Å². The molecule has 3 unspecified atom stereocenters. The van der Waals surface area contributed by atoms with E-state index in [1.807, 2.05) is 12.1 Å². The van der Waals surface area contributed by atoms with Crippen LogP contribution in [0.1, 0.15) is 33.1 Å². The van der Waals surface area contributed by atoms with Gasteiger partial charge in [-0.2, -0.15) is 0 Å². The van der Waals surface area contributed by atoms with E-state index in [2.05, 4.69) is 35.1 Å². The molecule has 0 bridgehead atoms. The van der Waals surface area contributed by atoms with Crippen molar-refractivity contribution in [2.24, 2.45) is 11.8 Å². The van der Waals surface area contributed by atoms with Crippen LogP contribution >= 0.6 is 15.9 Å². The van der Waals surface area contributed by atoms with Gasteiger partial charge in [0.2, 0.25) is 0 Å². The lowest BCUT2D eigenvalue weighted by atomic mass is 9.80. The summed E-state index contributed by atoms with van der Waals surface area (Å²) in [6, 6.07) is 5.60. The zero-order valence-electron chi connectivity index (χ0n) is 10.3. The second-order valence-corrected chi connectivity index (χ2v) is 6.19. The number of nitrogens with one attached hydrogen (secondary N) is 1. The van der Waals surface area contributed by atoms with E-state index in [-0.39, 0.29) is 5.82 Å². The largest absolute Gasteiger partial charge is 0.380 e. The van der Waals surface area contributed by atoms with Crippen LogP contribution in [0.15, 0.2) is 22.7 Å². The van der Waals surface area contributed by atoms with Crippen LogP contribution in [-0.2, 0) is 0 Å². The summed E-state index contributed by atoms with van der Waals surface area (Å²) in [6.45, 7) is 4.53. The SMILES string of the molecule is CC1CCC(C)C(Nc2ccc(Br)cc2F)C1. The Labute approximate surface area is 111 Å². The Kier molecular flexibility index (Phi) is 4.08. The molecule has 3 atom stereocenters. The van der Waals surface area contributed by atoms with E-state index < -0.39 is 0 Å². The number of hydrogen-bond acceptors (Lipinski definition) is 1. The molecule has 17 heavy (non-hydrogen) atoms. The lowest BCUT2D eigenvalue weighted by Gasteiger charge is -2.34. The van der Waals surface area contributed by atoms with Gasteiger partial charge in [0.25, 0.3) is 0 Å². The second kappa shape index (κ2) is 5.38. The smallest absolute Gasteiger partial charge is 0.147 e. The summed E-state index contributed by atoms with van der Waals surface area (Å²) in [7, 11) is 0. The summed E-state index contributed by atoms with van der Waals surface area (Å²) in [4.78, 5) is 0. The van der Waals surface area contributed by atoms with Crippen molar-refractivity contribution in [2.45, 2.75) is 39.2 Å². The summed E-state index contributed by atoms with van der Waals surface area (Å²) in [6.07, 6.45) is 3.66. The van der Waals surface area contributed by atoms with Crippen LogP contribution in [-0.4, -0.2) is 6.04 Å². The summed E-state index contributed by atoms with van der Waals surface area (Å²) in [5, 5.41) is 3.36. The van der Waals surface area contributed by atoms with Crippen molar-refractivity contribution in [2.75, 3.05) is 5.32 Å². The number of halogens is 2. The van der Waals surface area contributed by atoms with E-state index in [0.717, 1.165) is 16.8 Å². The molecule has 1 N–H and O–H groups in total. The molecular formula is C14H19BrFN. The quantitative estimate of drug-likeness (QED) is 0.825. The van der Waals surface area contributed by atoms with Crippen molar-refractivity contribution in [3.8, 4) is 0 Å². The first-order valence-corrected chi connectivity index (χ1v) is 7.07. The highest BCUT2D eigenvalue weighted by atomic mass is 79.9. The number of anilines is 1. The molecule has 1 saturated carbocycles. The highest BCUT2D eigenvalue weighted by Gasteiger charge is 2.25. The van der Waals surface area contributed by atoms with E-state index in [1.54, 1.807) is 0 Å². The summed E-state index contributed by atoms with van der Waals surface area (Å²) in [5.41, 5.74) is 0.624. The maximum absolute atomic E-state index is 13.7. The minimum Gasteiger partial charge on any atom is -0.380 e. The summed E-state index contributed by atoms with van der Waals surface area (Å²) in [5.74, 6) is 1.18. The van der Waals surface area contributed by atoms with Crippen LogP contribution in [0.5, 0.6) is 0 Å². The summed E-state index contributed by atoms with van der Waals surface area (Å²) < 4.78 is 14.5. The van der Waals surface area contributed by atoms with E-state index in [4.69, 9.17) is 0 Å². The monoisotopic (exact) mass is 299 g/mol. The fourth-order valence-corrected chi connectivity index (χ4v) is 2.87. The molecular weight excluding hydrogens is 281 g/mol. The lowest BCUT2D eigenvalue weighted by Crippen LogP contribution is -2.33. The molecule has 2 rings (SSSR count). The molecule has 1 aromatic carbocycles. The number of hydrogen-bond donors (Lipinski definition) is 1. The Balaban J connectivity index is 2.08. The van der Waals surface area contributed by atoms with Gasteiger partial charge in [-0.25, -0.2) is 4.39 Å². The highest BCUT2D eigenvalue weighted by Crippen LogP contribution is 2.31. The predicted octanol–water partition coefficient (Wildman–Crippen LogP) is 4.82. The molecule has 1 nitrogen and oxygen atoms in total. The third kappa shape index (κ3) is 3.21. The fourth-order valence-electron chi connectivity index (χ4n) is 2.54. The zero-order valence-corrected chi connectivity index (χ0v) is 11.9. The Morgan fingerprint density at radius 3 is 2.76 bits per heavy atom. The van der Waals surface area contributed by atoms with Crippen LogP contribution in [0, 0.1) is 17.7 Å². The first kappa shape index (κ1) is 12.9. The van der Waals surface area contributed by atoms with Gasteiger partial charge >= 0.3 is 0 Å². The molecule has 1 aliphatic carbocycles. The highest BCUT2D eigenvalue weighted by molar-refractivity contribution is 9.10. The molecule has 0 heterocycles. The molecule has 0 saturated heterocycles. The normalized spacial score (nSPS) is 29.1. The molecule has 1 aliphatic rings. The zero-order chi connectivity index (χ0) is 12.4. The van der Waals surface area contributed by atoms with Gasteiger partial charge in [-0.05, 0) is 42.9 Å².